The first-order valence-corrected chi connectivity index (χ1v) is 9.80. The highest BCUT2D eigenvalue weighted by molar-refractivity contribution is 9.10. The normalized spacial score (nSPS) is 11.9. The first kappa shape index (κ1) is 18.5. The maximum Gasteiger partial charge on any atom is 0.153 e. The van der Waals surface area contributed by atoms with Gasteiger partial charge < -0.3 is 10.1 Å². The van der Waals surface area contributed by atoms with Crippen LogP contribution in [0.1, 0.15) is 32.8 Å². The van der Waals surface area contributed by atoms with E-state index in [4.69, 9.17) is 4.74 Å². The third kappa shape index (κ3) is 7.29. The van der Waals surface area contributed by atoms with Crippen LogP contribution < -0.4 is 10.1 Å². The summed E-state index contributed by atoms with van der Waals surface area (Å²) in [6.07, 6.45) is 0.644. The Hall–Kier alpha value is -0.590. The lowest BCUT2D eigenvalue weighted by Crippen LogP contribution is -2.22. The Kier molecular flexibility index (Phi) is 7.70. The monoisotopic (exact) mass is 377 g/mol. The summed E-state index contributed by atoms with van der Waals surface area (Å²) in [5.74, 6) is 0.988. The summed E-state index contributed by atoms with van der Waals surface area (Å²) in [5, 5.41) is 3.35. The molecule has 0 amide bonds. The number of rotatable bonds is 9. The van der Waals surface area contributed by atoms with Crippen molar-refractivity contribution in [1.82, 2.24) is 5.32 Å². The van der Waals surface area contributed by atoms with Crippen molar-refractivity contribution in [3.05, 3.63) is 28.2 Å². The Morgan fingerprint density at radius 3 is 2.62 bits per heavy atom. The smallest absolute Gasteiger partial charge is 0.153 e. The van der Waals surface area contributed by atoms with E-state index in [1.165, 1.54) is 0 Å². The molecule has 0 bridgehead atoms. The van der Waals surface area contributed by atoms with Crippen molar-refractivity contribution in [1.29, 1.82) is 0 Å². The zero-order valence-corrected chi connectivity index (χ0v) is 15.3. The first-order chi connectivity index (χ1) is 9.84. The molecule has 0 aromatic heterocycles. The molecule has 1 N–H and O–H groups in total. The number of ether oxygens (including phenoxy) is 1. The fourth-order valence-electron chi connectivity index (χ4n) is 1.79. The average Bonchev–Trinajstić information content (AvgIpc) is 2.38. The van der Waals surface area contributed by atoms with Gasteiger partial charge in [0, 0.05) is 17.1 Å². The molecule has 1 aromatic carbocycles. The highest BCUT2D eigenvalue weighted by Gasteiger charge is 2.10. The summed E-state index contributed by atoms with van der Waals surface area (Å²) in [5.41, 5.74) is 1.10. The van der Waals surface area contributed by atoms with Crippen LogP contribution in [-0.4, -0.2) is 32.6 Å². The van der Waals surface area contributed by atoms with Crippen LogP contribution >= 0.6 is 15.9 Å². The Balaban J connectivity index is 2.58. The van der Waals surface area contributed by atoms with Gasteiger partial charge in [-0.25, -0.2) is 8.42 Å². The topological polar surface area (TPSA) is 55.4 Å². The predicted molar refractivity (Wildman–Crippen MR) is 90.6 cm³/mol. The lowest BCUT2D eigenvalue weighted by Gasteiger charge is -2.12. The highest BCUT2D eigenvalue weighted by Crippen LogP contribution is 2.22. The van der Waals surface area contributed by atoms with E-state index in [-0.39, 0.29) is 18.1 Å². The summed E-state index contributed by atoms with van der Waals surface area (Å²) in [6, 6.07) is 6.11. The van der Waals surface area contributed by atoms with Crippen LogP contribution in [0.3, 0.4) is 0 Å². The zero-order chi connectivity index (χ0) is 15.9. The van der Waals surface area contributed by atoms with Gasteiger partial charge in [0.25, 0.3) is 0 Å². The molecule has 0 saturated heterocycles. The number of nitrogens with one attached hydrogen (secondary N) is 1. The van der Waals surface area contributed by atoms with Crippen molar-refractivity contribution in [3.8, 4) is 5.75 Å². The van der Waals surface area contributed by atoms with Crippen molar-refractivity contribution in [2.75, 3.05) is 18.1 Å². The van der Waals surface area contributed by atoms with Crippen LogP contribution in [0.15, 0.2) is 22.7 Å². The maximum absolute atomic E-state index is 11.6. The molecule has 0 fully saturated rings. The molecule has 0 radical (unpaired) electrons. The Bertz CT molecular complexity index is 544. The predicted octanol–water partition coefficient (Wildman–Crippen LogP) is 3.15. The molecule has 1 aromatic rings. The van der Waals surface area contributed by atoms with Gasteiger partial charge in [0.05, 0.1) is 11.5 Å². The van der Waals surface area contributed by atoms with Crippen LogP contribution in [0.5, 0.6) is 5.75 Å². The third-order valence-corrected chi connectivity index (χ3v) is 5.49. The van der Waals surface area contributed by atoms with E-state index in [1.807, 2.05) is 25.1 Å². The van der Waals surface area contributed by atoms with E-state index in [2.05, 4.69) is 35.1 Å². The summed E-state index contributed by atoms with van der Waals surface area (Å²) < 4.78 is 29.8. The van der Waals surface area contributed by atoms with Gasteiger partial charge in [0.15, 0.2) is 9.84 Å². The molecule has 120 valence electrons. The minimum absolute atomic E-state index is 0.0660. The molecule has 0 aliphatic carbocycles. The fraction of sp³-hybridized carbons (Fsp3) is 0.600. The van der Waals surface area contributed by atoms with Crippen LogP contribution in [-0.2, 0) is 16.4 Å². The van der Waals surface area contributed by atoms with Gasteiger partial charge in [-0.2, -0.15) is 0 Å². The van der Waals surface area contributed by atoms with Crippen molar-refractivity contribution >= 4 is 25.8 Å². The Labute approximate surface area is 136 Å². The standard InChI is InChI=1S/C15H24BrNO3S/c1-4-8-21(18,19)9-7-20-14-5-6-15(16)13(10-14)11-17-12(2)3/h5-6,10,12,17H,4,7-9,11H2,1-3H3. The van der Waals surface area contributed by atoms with Crippen LogP contribution in [0.25, 0.3) is 0 Å². The molecule has 0 heterocycles. The molecule has 0 unspecified atom stereocenters. The van der Waals surface area contributed by atoms with Gasteiger partial charge in [0.2, 0.25) is 0 Å². The second-order valence-electron chi connectivity index (χ2n) is 5.29. The quantitative estimate of drug-likeness (QED) is 0.717. The van der Waals surface area contributed by atoms with Crippen molar-refractivity contribution in [3.63, 3.8) is 0 Å². The molecule has 21 heavy (non-hydrogen) atoms. The number of benzene rings is 1. The first-order valence-electron chi connectivity index (χ1n) is 7.19. The number of halogens is 1. The SMILES string of the molecule is CCCS(=O)(=O)CCOc1ccc(Br)c(CNC(C)C)c1. The minimum Gasteiger partial charge on any atom is -0.493 e. The third-order valence-electron chi connectivity index (χ3n) is 2.90. The fourth-order valence-corrected chi connectivity index (χ4v) is 3.34. The van der Waals surface area contributed by atoms with Crippen molar-refractivity contribution in [2.24, 2.45) is 0 Å². The van der Waals surface area contributed by atoms with E-state index in [1.54, 1.807) is 0 Å². The van der Waals surface area contributed by atoms with Gasteiger partial charge in [-0.3, -0.25) is 0 Å². The van der Waals surface area contributed by atoms with Gasteiger partial charge in [0.1, 0.15) is 12.4 Å². The molecule has 0 saturated carbocycles. The van der Waals surface area contributed by atoms with Crippen LogP contribution in [0.2, 0.25) is 0 Å². The van der Waals surface area contributed by atoms with E-state index in [0.29, 0.717) is 18.2 Å². The summed E-state index contributed by atoms with van der Waals surface area (Å²) in [7, 11) is -2.99. The summed E-state index contributed by atoms with van der Waals surface area (Å²) in [6.45, 7) is 6.98. The second-order valence-corrected chi connectivity index (χ2v) is 8.45. The largest absolute Gasteiger partial charge is 0.493 e. The molecule has 0 spiro atoms. The highest BCUT2D eigenvalue weighted by atomic mass is 79.9. The molecular weight excluding hydrogens is 354 g/mol. The van der Waals surface area contributed by atoms with E-state index in [0.717, 1.165) is 16.6 Å². The number of sulfone groups is 1. The molecule has 0 aliphatic rings. The van der Waals surface area contributed by atoms with Gasteiger partial charge in [-0.05, 0) is 30.2 Å². The zero-order valence-electron chi connectivity index (χ0n) is 12.9. The Morgan fingerprint density at radius 2 is 2.00 bits per heavy atom. The van der Waals surface area contributed by atoms with Crippen molar-refractivity contribution in [2.45, 2.75) is 39.8 Å². The molecule has 0 atom stereocenters. The molecular formula is C15H24BrNO3S. The minimum atomic E-state index is -2.99. The lowest BCUT2D eigenvalue weighted by atomic mass is 10.2. The average molecular weight is 378 g/mol. The molecule has 4 nitrogen and oxygen atoms in total. The molecule has 1 rings (SSSR count). The second kappa shape index (κ2) is 8.76. The number of hydrogen-bond acceptors (Lipinski definition) is 4. The van der Waals surface area contributed by atoms with E-state index < -0.39 is 9.84 Å². The number of hydrogen-bond donors (Lipinski definition) is 1. The van der Waals surface area contributed by atoms with Crippen LogP contribution in [0.4, 0.5) is 0 Å². The van der Waals surface area contributed by atoms with E-state index >= 15 is 0 Å². The van der Waals surface area contributed by atoms with E-state index in [9.17, 15) is 8.42 Å². The van der Waals surface area contributed by atoms with Gasteiger partial charge in [-0.1, -0.05) is 36.7 Å². The lowest BCUT2D eigenvalue weighted by molar-refractivity contribution is 0.340. The molecule has 6 heteroatoms. The maximum atomic E-state index is 11.6. The van der Waals surface area contributed by atoms with Crippen molar-refractivity contribution < 1.29 is 13.2 Å². The van der Waals surface area contributed by atoms with Gasteiger partial charge in [-0.15, -0.1) is 0 Å². The van der Waals surface area contributed by atoms with Gasteiger partial charge >= 0.3 is 0 Å². The summed E-state index contributed by atoms with van der Waals surface area (Å²) in [4.78, 5) is 0. The Morgan fingerprint density at radius 1 is 1.29 bits per heavy atom. The van der Waals surface area contributed by atoms with Crippen LogP contribution in [0, 0.1) is 0 Å². The summed E-state index contributed by atoms with van der Waals surface area (Å²) >= 11 is 3.51. The molecule has 0 aliphatic heterocycles.